The molecule has 3 N–H and O–H groups in total. The Labute approximate surface area is 116 Å². The molecule has 1 atom stereocenters. The van der Waals surface area contributed by atoms with Crippen molar-refractivity contribution in [2.75, 3.05) is 5.73 Å². The highest BCUT2D eigenvalue weighted by Crippen LogP contribution is 2.24. The molecule has 1 aliphatic rings. The Kier molecular flexibility index (Phi) is 3.14. The van der Waals surface area contributed by atoms with Gasteiger partial charge in [0.1, 0.15) is 5.82 Å². The van der Waals surface area contributed by atoms with Crippen molar-refractivity contribution in [3.63, 3.8) is 0 Å². The molecule has 4 heteroatoms. The van der Waals surface area contributed by atoms with Gasteiger partial charge >= 0.3 is 0 Å². The quantitative estimate of drug-likeness (QED) is 0.823. The molecule has 20 heavy (non-hydrogen) atoms. The summed E-state index contributed by atoms with van der Waals surface area (Å²) >= 11 is 0. The molecule has 2 aromatic carbocycles. The highest BCUT2D eigenvalue weighted by atomic mass is 19.1. The van der Waals surface area contributed by atoms with Crippen LogP contribution in [0.1, 0.15) is 21.5 Å². The lowest BCUT2D eigenvalue weighted by Crippen LogP contribution is -2.35. The van der Waals surface area contributed by atoms with Gasteiger partial charge < -0.3 is 11.1 Å². The molecule has 102 valence electrons. The van der Waals surface area contributed by atoms with E-state index in [2.05, 4.69) is 5.32 Å². The fourth-order valence-corrected chi connectivity index (χ4v) is 2.61. The van der Waals surface area contributed by atoms with Crippen molar-refractivity contribution in [1.29, 1.82) is 0 Å². The van der Waals surface area contributed by atoms with Crippen LogP contribution in [0, 0.1) is 5.82 Å². The highest BCUT2D eigenvalue weighted by Gasteiger charge is 2.23. The molecule has 0 aromatic heterocycles. The summed E-state index contributed by atoms with van der Waals surface area (Å²) in [6.45, 7) is 0. The van der Waals surface area contributed by atoms with Crippen LogP contribution in [0.25, 0.3) is 0 Å². The summed E-state index contributed by atoms with van der Waals surface area (Å²) in [6, 6.07) is 11.5. The summed E-state index contributed by atoms with van der Waals surface area (Å²) in [7, 11) is 0. The lowest BCUT2D eigenvalue weighted by Gasteiger charge is -2.11. The van der Waals surface area contributed by atoms with Crippen molar-refractivity contribution in [1.82, 2.24) is 5.32 Å². The predicted molar refractivity (Wildman–Crippen MR) is 75.9 cm³/mol. The van der Waals surface area contributed by atoms with Gasteiger partial charge in [0.05, 0.1) is 0 Å². The van der Waals surface area contributed by atoms with Crippen LogP contribution in [0.15, 0.2) is 42.5 Å². The molecule has 0 radical (unpaired) electrons. The Bertz CT molecular complexity index is 652. The number of carbonyl (C=O) groups excluding carboxylic acids is 1. The molecular weight excluding hydrogens is 255 g/mol. The Balaban J connectivity index is 1.68. The van der Waals surface area contributed by atoms with Crippen molar-refractivity contribution < 1.29 is 9.18 Å². The smallest absolute Gasteiger partial charge is 0.251 e. The van der Waals surface area contributed by atoms with Crippen LogP contribution in [0.2, 0.25) is 0 Å². The number of nitrogens with one attached hydrogen (secondary N) is 1. The zero-order valence-electron chi connectivity index (χ0n) is 10.9. The van der Waals surface area contributed by atoms with Gasteiger partial charge in [0.15, 0.2) is 0 Å². The van der Waals surface area contributed by atoms with Gasteiger partial charge in [-0.1, -0.05) is 6.07 Å². The molecule has 3 rings (SSSR count). The van der Waals surface area contributed by atoms with Crippen LogP contribution in [0.3, 0.4) is 0 Å². The average molecular weight is 270 g/mol. The number of nitrogens with two attached hydrogens (primary N) is 1. The van der Waals surface area contributed by atoms with Gasteiger partial charge in [-0.05, 0) is 60.4 Å². The fraction of sp³-hybridized carbons (Fsp3) is 0.188. The number of fused-ring (bicyclic) bond motifs is 1. The number of amides is 1. The second kappa shape index (κ2) is 4.96. The second-order valence-corrected chi connectivity index (χ2v) is 5.11. The van der Waals surface area contributed by atoms with Gasteiger partial charge in [-0.3, -0.25) is 4.79 Å². The zero-order valence-corrected chi connectivity index (χ0v) is 10.9. The Morgan fingerprint density at radius 3 is 2.55 bits per heavy atom. The van der Waals surface area contributed by atoms with Gasteiger partial charge in [-0.25, -0.2) is 4.39 Å². The monoisotopic (exact) mass is 270 g/mol. The van der Waals surface area contributed by atoms with Crippen LogP contribution in [0.4, 0.5) is 10.1 Å². The minimum Gasteiger partial charge on any atom is -0.399 e. The number of rotatable bonds is 2. The summed E-state index contributed by atoms with van der Waals surface area (Å²) in [5.74, 6) is -0.513. The van der Waals surface area contributed by atoms with Gasteiger partial charge in [0.2, 0.25) is 0 Å². The lowest BCUT2D eigenvalue weighted by molar-refractivity contribution is 0.0938. The maximum absolute atomic E-state index is 12.8. The topological polar surface area (TPSA) is 55.1 Å². The summed E-state index contributed by atoms with van der Waals surface area (Å²) in [5.41, 5.74) is 9.39. The van der Waals surface area contributed by atoms with Gasteiger partial charge in [0.25, 0.3) is 5.91 Å². The summed E-state index contributed by atoms with van der Waals surface area (Å²) in [4.78, 5) is 12.1. The number of nitrogen functional groups attached to an aromatic ring is 1. The molecule has 1 aliphatic carbocycles. The molecular formula is C16H15FN2O. The van der Waals surface area contributed by atoms with E-state index < -0.39 is 0 Å². The van der Waals surface area contributed by atoms with Crippen LogP contribution in [0.5, 0.6) is 0 Å². The van der Waals surface area contributed by atoms with E-state index in [0.29, 0.717) is 5.56 Å². The average Bonchev–Trinajstić information content (AvgIpc) is 2.80. The zero-order chi connectivity index (χ0) is 14.1. The molecule has 0 heterocycles. The van der Waals surface area contributed by atoms with Crippen LogP contribution >= 0.6 is 0 Å². The molecule has 1 unspecified atom stereocenters. The van der Waals surface area contributed by atoms with Crippen molar-refractivity contribution in [2.45, 2.75) is 18.9 Å². The van der Waals surface area contributed by atoms with E-state index in [1.807, 2.05) is 18.2 Å². The molecule has 3 nitrogen and oxygen atoms in total. The third-order valence-corrected chi connectivity index (χ3v) is 3.60. The van der Waals surface area contributed by atoms with E-state index in [9.17, 15) is 9.18 Å². The van der Waals surface area contributed by atoms with E-state index in [-0.39, 0.29) is 17.8 Å². The third kappa shape index (κ3) is 2.50. The number of hydrogen-bond donors (Lipinski definition) is 2. The minimum atomic E-state index is -0.342. The maximum Gasteiger partial charge on any atom is 0.251 e. The SMILES string of the molecule is Nc1ccc2c(c1)CC(NC(=O)c1ccc(F)cc1)C2. The Morgan fingerprint density at radius 1 is 1.10 bits per heavy atom. The summed E-state index contributed by atoms with van der Waals surface area (Å²) < 4.78 is 12.8. The van der Waals surface area contributed by atoms with E-state index in [0.717, 1.165) is 18.5 Å². The first-order valence-electron chi connectivity index (χ1n) is 6.55. The van der Waals surface area contributed by atoms with Crippen molar-refractivity contribution in [3.8, 4) is 0 Å². The van der Waals surface area contributed by atoms with Gasteiger partial charge in [-0.2, -0.15) is 0 Å². The van der Waals surface area contributed by atoms with E-state index in [1.165, 1.54) is 35.4 Å². The van der Waals surface area contributed by atoms with Crippen molar-refractivity contribution in [2.24, 2.45) is 0 Å². The molecule has 0 fully saturated rings. The first kappa shape index (κ1) is 12.7. The molecule has 0 saturated heterocycles. The number of benzene rings is 2. The third-order valence-electron chi connectivity index (χ3n) is 3.60. The van der Waals surface area contributed by atoms with E-state index in [4.69, 9.17) is 5.73 Å². The first-order chi connectivity index (χ1) is 9.61. The van der Waals surface area contributed by atoms with Crippen LogP contribution in [-0.4, -0.2) is 11.9 Å². The lowest BCUT2D eigenvalue weighted by atomic mass is 10.1. The number of hydrogen-bond acceptors (Lipinski definition) is 2. The molecule has 0 saturated carbocycles. The fourth-order valence-electron chi connectivity index (χ4n) is 2.61. The Hall–Kier alpha value is -2.36. The largest absolute Gasteiger partial charge is 0.399 e. The second-order valence-electron chi connectivity index (χ2n) is 5.11. The van der Waals surface area contributed by atoms with Crippen molar-refractivity contribution >= 4 is 11.6 Å². The molecule has 0 spiro atoms. The van der Waals surface area contributed by atoms with E-state index >= 15 is 0 Å². The normalized spacial score (nSPS) is 16.8. The van der Waals surface area contributed by atoms with Gasteiger partial charge in [-0.15, -0.1) is 0 Å². The van der Waals surface area contributed by atoms with Gasteiger partial charge in [0, 0.05) is 17.3 Å². The van der Waals surface area contributed by atoms with Crippen LogP contribution in [-0.2, 0) is 12.8 Å². The highest BCUT2D eigenvalue weighted by molar-refractivity contribution is 5.94. The van der Waals surface area contributed by atoms with Crippen molar-refractivity contribution in [3.05, 3.63) is 65.0 Å². The predicted octanol–water partition coefficient (Wildman–Crippen LogP) is 2.31. The summed E-state index contributed by atoms with van der Waals surface area (Å²) in [5, 5.41) is 2.98. The first-order valence-corrected chi connectivity index (χ1v) is 6.55. The maximum atomic E-state index is 12.8. The minimum absolute atomic E-state index is 0.0735. The number of anilines is 1. The number of halogens is 1. The molecule has 0 aliphatic heterocycles. The standard InChI is InChI=1S/C16H15FN2O/c17-13-4-1-10(2-5-13)16(20)19-15-8-11-3-6-14(18)7-12(11)9-15/h1-7,15H,8-9,18H2,(H,19,20). The van der Waals surface area contributed by atoms with E-state index in [1.54, 1.807) is 0 Å². The summed E-state index contributed by atoms with van der Waals surface area (Å²) in [6.07, 6.45) is 1.59. The van der Waals surface area contributed by atoms with Crippen LogP contribution < -0.4 is 11.1 Å². The molecule has 1 amide bonds. The molecule has 0 bridgehead atoms. The number of carbonyl (C=O) groups is 1. The molecule has 2 aromatic rings. The Morgan fingerprint density at radius 2 is 1.80 bits per heavy atom.